The molecule has 0 atom stereocenters. The zero-order valence-corrected chi connectivity index (χ0v) is 15.6. The molecule has 0 fully saturated rings. The van der Waals surface area contributed by atoms with Gasteiger partial charge in [-0.2, -0.15) is 10.5 Å². The van der Waals surface area contributed by atoms with Gasteiger partial charge < -0.3 is 4.98 Å². The predicted octanol–water partition coefficient (Wildman–Crippen LogP) is 3.72. The van der Waals surface area contributed by atoms with Crippen LogP contribution in [-0.2, 0) is 5.75 Å². The first-order valence-electron chi connectivity index (χ1n) is 8.00. The molecule has 0 spiro atoms. The lowest BCUT2D eigenvalue weighted by molar-refractivity contribution is -0.410. The molecular formula is C19H13N6S2+. The molecule has 0 aliphatic carbocycles. The Morgan fingerprint density at radius 2 is 1.96 bits per heavy atom. The summed E-state index contributed by atoms with van der Waals surface area (Å²) in [5.41, 5.74) is 9.24. The molecule has 3 aromatic heterocycles. The number of imidazole rings is 1. The molecule has 0 aliphatic rings. The van der Waals surface area contributed by atoms with E-state index in [9.17, 15) is 10.5 Å². The van der Waals surface area contributed by atoms with E-state index in [0.717, 1.165) is 21.7 Å². The number of aromatic amines is 2. The Bertz CT molecular complexity index is 1180. The maximum Gasteiger partial charge on any atom is 0.289 e. The van der Waals surface area contributed by atoms with Crippen LogP contribution in [0.5, 0.6) is 0 Å². The molecule has 3 heterocycles. The summed E-state index contributed by atoms with van der Waals surface area (Å²) in [6.45, 7) is 0. The maximum atomic E-state index is 9.77. The van der Waals surface area contributed by atoms with Crippen LogP contribution in [0.1, 0.15) is 17.0 Å². The molecule has 0 bridgehead atoms. The van der Waals surface area contributed by atoms with Gasteiger partial charge in [0.2, 0.25) is 0 Å². The Morgan fingerprint density at radius 1 is 1.15 bits per heavy atom. The highest BCUT2D eigenvalue weighted by Gasteiger charge is 2.24. The molecule has 0 saturated carbocycles. The largest absolute Gasteiger partial charge is 0.341 e. The number of nitrogens with two attached hydrogens (primary N) is 1. The maximum absolute atomic E-state index is 9.77. The Hall–Kier alpha value is -3.33. The number of thiophene rings is 1. The topological polar surface area (TPSA) is 116 Å². The number of rotatable bonds is 4. The lowest BCUT2D eigenvalue weighted by Crippen LogP contribution is -2.18. The summed E-state index contributed by atoms with van der Waals surface area (Å²) >= 11 is 2.90. The number of H-pyrrole nitrogens is 2. The van der Waals surface area contributed by atoms with Gasteiger partial charge in [-0.1, -0.05) is 30.0 Å². The second-order valence-electron chi connectivity index (χ2n) is 5.68. The van der Waals surface area contributed by atoms with Gasteiger partial charge in [-0.25, -0.2) is 9.97 Å². The van der Waals surface area contributed by atoms with Gasteiger partial charge in [0.1, 0.15) is 23.5 Å². The third-order valence-corrected chi connectivity index (χ3v) is 5.93. The van der Waals surface area contributed by atoms with Crippen LogP contribution in [0.4, 0.5) is 5.82 Å². The number of nitriles is 2. The second kappa shape index (κ2) is 7.12. The predicted molar refractivity (Wildman–Crippen MR) is 106 cm³/mol. The summed E-state index contributed by atoms with van der Waals surface area (Å²) in [5, 5.41) is 21.8. The highest BCUT2D eigenvalue weighted by molar-refractivity contribution is 7.98. The summed E-state index contributed by atoms with van der Waals surface area (Å²) in [7, 11) is 0. The Labute approximate surface area is 163 Å². The van der Waals surface area contributed by atoms with Crippen molar-refractivity contribution in [3.63, 3.8) is 0 Å². The van der Waals surface area contributed by atoms with E-state index in [2.05, 4.69) is 27.1 Å². The van der Waals surface area contributed by atoms with Gasteiger partial charge in [0.05, 0.1) is 16.8 Å². The van der Waals surface area contributed by atoms with Crippen molar-refractivity contribution in [2.24, 2.45) is 0 Å². The number of hydrogen-bond acceptors (Lipinski definition) is 6. The number of nitrogen functional groups attached to an aromatic ring is 1. The number of para-hydroxylation sites is 2. The smallest absolute Gasteiger partial charge is 0.289 e. The van der Waals surface area contributed by atoms with Crippen LogP contribution >= 0.6 is 23.1 Å². The normalized spacial score (nSPS) is 10.6. The molecule has 0 saturated heterocycles. The van der Waals surface area contributed by atoms with E-state index in [0.29, 0.717) is 27.5 Å². The van der Waals surface area contributed by atoms with Gasteiger partial charge in [0, 0.05) is 10.4 Å². The quantitative estimate of drug-likeness (QED) is 0.516. The van der Waals surface area contributed by atoms with E-state index in [-0.39, 0.29) is 5.82 Å². The van der Waals surface area contributed by atoms with Crippen LogP contribution in [-0.4, -0.2) is 9.97 Å². The Kier molecular flexibility index (Phi) is 4.51. The van der Waals surface area contributed by atoms with E-state index >= 15 is 0 Å². The van der Waals surface area contributed by atoms with E-state index in [1.165, 1.54) is 23.1 Å². The zero-order valence-electron chi connectivity index (χ0n) is 14.0. The summed E-state index contributed by atoms with van der Waals surface area (Å²) in [5.74, 6) is 1.60. The summed E-state index contributed by atoms with van der Waals surface area (Å²) in [6, 6.07) is 15.9. The van der Waals surface area contributed by atoms with Gasteiger partial charge in [0.25, 0.3) is 5.82 Å². The Morgan fingerprint density at radius 3 is 2.67 bits per heavy atom. The molecule has 0 amide bonds. The second-order valence-corrected chi connectivity index (χ2v) is 7.62. The van der Waals surface area contributed by atoms with Gasteiger partial charge in [-0.05, 0) is 23.6 Å². The monoisotopic (exact) mass is 389 g/mol. The van der Waals surface area contributed by atoms with Gasteiger partial charge in [0.15, 0.2) is 10.6 Å². The number of hydrogen-bond donors (Lipinski definition) is 2. The minimum atomic E-state index is 0.256. The molecule has 4 aromatic rings. The Balaban J connectivity index is 1.74. The molecule has 4 rings (SSSR count). The number of thioether (sulfide) groups is 1. The van der Waals surface area contributed by atoms with E-state index in [1.807, 2.05) is 41.8 Å². The number of aromatic nitrogens is 3. The lowest BCUT2D eigenvalue weighted by Gasteiger charge is -2.08. The van der Waals surface area contributed by atoms with Crippen molar-refractivity contribution < 1.29 is 4.98 Å². The summed E-state index contributed by atoms with van der Waals surface area (Å²) in [6.07, 6.45) is 0. The van der Waals surface area contributed by atoms with Crippen molar-refractivity contribution >= 4 is 39.9 Å². The van der Waals surface area contributed by atoms with Gasteiger partial charge in [-0.15, -0.1) is 11.3 Å². The average Bonchev–Trinajstić information content (AvgIpc) is 3.35. The number of nitrogens with one attached hydrogen (secondary N) is 2. The van der Waals surface area contributed by atoms with Crippen molar-refractivity contribution in [3.05, 3.63) is 58.7 Å². The van der Waals surface area contributed by atoms with Crippen LogP contribution in [0.3, 0.4) is 0 Å². The van der Waals surface area contributed by atoms with Crippen molar-refractivity contribution in [2.45, 2.75) is 10.8 Å². The first kappa shape index (κ1) is 17.1. The van der Waals surface area contributed by atoms with E-state index in [1.54, 1.807) is 0 Å². The number of benzene rings is 1. The fourth-order valence-corrected chi connectivity index (χ4v) is 4.51. The zero-order chi connectivity index (χ0) is 18.8. The van der Waals surface area contributed by atoms with Crippen molar-refractivity contribution in [1.82, 2.24) is 9.97 Å². The minimum Gasteiger partial charge on any atom is -0.341 e. The van der Waals surface area contributed by atoms with Crippen molar-refractivity contribution in [2.75, 3.05) is 5.73 Å². The third-order valence-electron chi connectivity index (χ3n) is 4.03. The van der Waals surface area contributed by atoms with Crippen molar-refractivity contribution in [1.29, 1.82) is 10.5 Å². The SMILES string of the molecule is N#Cc1c(N)[nH+]c(SCc2nc3ccccc3[nH]2)c(C#N)c1-c1cccs1. The van der Waals surface area contributed by atoms with Crippen LogP contribution in [0, 0.1) is 22.7 Å². The molecule has 0 aliphatic heterocycles. The number of pyridine rings is 1. The molecule has 6 nitrogen and oxygen atoms in total. The fourth-order valence-electron chi connectivity index (χ4n) is 2.83. The summed E-state index contributed by atoms with van der Waals surface area (Å²) in [4.78, 5) is 11.7. The number of anilines is 1. The molecular weight excluding hydrogens is 376 g/mol. The minimum absolute atomic E-state index is 0.256. The first-order chi connectivity index (χ1) is 13.2. The molecule has 1 aromatic carbocycles. The highest BCUT2D eigenvalue weighted by atomic mass is 32.2. The number of fused-ring (bicyclic) bond motifs is 1. The van der Waals surface area contributed by atoms with Crippen LogP contribution in [0.25, 0.3) is 21.5 Å². The van der Waals surface area contributed by atoms with E-state index < -0.39 is 0 Å². The van der Waals surface area contributed by atoms with Gasteiger partial charge in [-0.3, -0.25) is 5.73 Å². The average molecular weight is 389 g/mol. The number of nitrogens with zero attached hydrogens (tertiary/aromatic N) is 3. The molecule has 4 N–H and O–H groups in total. The molecule has 130 valence electrons. The first-order valence-corrected chi connectivity index (χ1v) is 9.87. The van der Waals surface area contributed by atoms with Crippen LogP contribution < -0.4 is 10.7 Å². The molecule has 0 unspecified atom stereocenters. The third kappa shape index (κ3) is 3.13. The van der Waals surface area contributed by atoms with Crippen molar-refractivity contribution in [3.8, 4) is 22.6 Å². The lowest BCUT2D eigenvalue weighted by atomic mass is 10.0. The molecule has 0 radical (unpaired) electrons. The van der Waals surface area contributed by atoms with Crippen LogP contribution in [0.2, 0.25) is 0 Å². The van der Waals surface area contributed by atoms with Gasteiger partial charge >= 0.3 is 0 Å². The van der Waals surface area contributed by atoms with Crippen LogP contribution in [0.15, 0.2) is 46.8 Å². The molecule has 8 heteroatoms. The highest BCUT2D eigenvalue weighted by Crippen LogP contribution is 2.36. The molecule has 27 heavy (non-hydrogen) atoms. The summed E-state index contributed by atoms with van der Waals surface area (Å²) < 4.78 is 0. The van der Waals surface area contributed by atoms with E-state index in [4.69, 9.17) is 5.73 Å². The standard InChI is InChI=1S/C19H12N6S2/c20-8-11-17(15-6-3-7-26-15)12(9-21)19(25-18(11)22)27-10-16-23-13-4-1-2-5-14(13)24-16/h1-7H,10H2,(H2,22,25)(H,23,24)/p+1. The fraction of sp³-hybridized carbons (Fsp3) is 0.0526.